The summed E-state index contributed by atoms with van der Waals surface area (Å²) < 4.78 is 4.42. The van der Waals surface area contributed by atoms with Crippen molar-refractivity contribution in [2.75, 3.05) is 6.54 Å². The van der Waals surface area contributed by atoms with Gasteiger partial charge in [-0.25, -0.2) is 4.79 Å². The molecular formula is C9H12N2O2. The third-order valence-corrected chi connectivity index (χ3v) is 1.46. The van der Waals surface area contributed by atoms with Gasteiger partial charge in [0.15, 0.2) is 0 Å². The Hall–Kier alpha value is -1.71. The number of nitrogens with two attached hydrogens (primary N) is 1. The van der Waals surface area contributed by atoms with Gasteiger partial charge in [-0.3, -0.25) is 0 Å². The molecule has 4 nitrogen and oxygen atoms in total. The van der Waals surface area contributed by atoms with Crippen LogP contribution in [0, 0.1) is 0 Å². The normalized spacial score (nSPS) is 15.2. The van der Waals surface area contributed by atoms with Crippen molar-refractivity contribution in [1.29, 1.82) is 0 Å². The number of primary amides is 1. The number of allylic oxidation sites excluding steroid dienone is 2. The van der Waals surface area contributed by atoms with Gasteiger partial charge >= 0.3 is 6.09 Å². The van der Waals surface area contributed by atoms with Crippen LogP contribution in [0.2, 0.25) is 0 Å². The topological polar surface area (TPSA) is 55.6 Å². The summed E-state index contributed by atoms with van der Waals surface area (Å²) in [4.78, 5) is 12.1. The highest BCUT2D eigenvalue weighted by Gasteiger charge is 1.93. The van der Waals surface area contributed by atoms with E-state index in [0.29, 0.717) is 6.54 Å². The predicted octanol–water partition coefficient (Wildman–Crippen LogP) is 1.33. The first-order chi connectivity index (χ1) is 6.29. The van der Waals surface area contributed by atoms with Crippen LogP contribution in [0.25, 0.3) is 0 Å². The van der Waals surface area contributed by atoms with Gasteiger partial charge in [-0.05, 0) is 12.5 Å². The van der Waals surface area contributed by atoms with Gasteiger partial charge in [-0.15, -0.1) is 0 Å². The summed E-state index contributed by atoms with van der Waals surface area (Å²) in [7, 11) is 0. The number of hydrogen-bond donors (Lipinski definition) is 1. The molecule has 0 radical (unpaired) electrons. The molecule has 70 valence electrons. The SMILES string of the molecule is NC(=O)OC=CCN1C=CCC=C1. The molecule has 0 unspecified atom stereocenters. The Labute approximate surface area is 77.0 Å². The van der Waals surface area contributed by atoms with Crippen LogP contribution in [0.1, 0.15) is 6.42 Å². The fourth-order valence-corrected chi connectivity index (χ4v) is 0.922. The molecule has 0 aliphatic carbocycles. The van der Waals surface area contributed by atoms with Crippen molar-refractivity contribution in [3.05, 3.63) is 36.9 Å². The average molecular weight is 180 g/mol. The fraction of sp³-hybridized carbons (Fsp3) is 0.222. The number of carbonyl (C=O) groups excluding carboxylic acids is 1. The number of rotatable bonds is 3. The van der Waals surface area contributed by atoms with Crippen molar-refractivity contribution in [2.24, 2.45) is 5.73 Å². The van der Waals surface area contributed by atoms with Crippen molar-refractivity contribution in [3.63, 3.8) is 0 Å². The highest BCUT2D eigenvalue weighted by Crippen LogP contribution is 2.01. The molecule has 0 bridgehead atoms. The summed E-state index contributed by atoms with van der Waals surface area (Å²) in [6.45, 7) is 0.667. The van der Waals surface area contributed by atoms with Crippen LogP contribution in [0.15, 0.2) is 36.9 Å². The molecule has 0 saturated carbocycles. The third-order valence-electron chi connectivity index (χ3n) is 1.46. The summed E-state index contributed by atoms with van der Waals surface area (Å²) in [5, 5.41) is 0. The quantitative estimate of drug-likeness (QED) is 0.666. The van der Waals surface area contributed by atoms with E-state index in [9.17, 15) is 4.79 Å². The first-order valence-electron chi connectivity index (χ1n) is 3.99. The molecule has 0 atom stereocenters. The van der Waals surface area contributed by atoms with Gasteiger partial charge in [0.05, 0.1) is 6.26 Å². The lowest BCUT2D eigenvalue weighted by atomic mass is 10.3. The highest BCUT2D eigenvalue weighted by molar-refractivity contribution is 5.65. The van der Waals surface area contributed by atoms with Gasteiger partial charge in [0.1, 0.15) is 0 Å². The molecule has 0 spiro atoms. The molecule has 1 amide bonds. The zero-order chi connectivity index (χ0) is 9.52. The molecule has 0 aromatic rings. The minimum atomic E-state index is -0.791. The van der Waals surface area contributed by atoms with Crippen LogP contribution in [-0.2, 0) is 4.74 Å². The molecule has 4 heteroatoms. The van der Waals surface area contributed by atoms with Crippen LogP contribution in [0.5, 0.6) is 0 Å². The summed E-state index contributed by atoms with van der Waals surface area (Å²) in [5.74, 6) is 0. The van der Waals surface area contributed by atoms with E-state index < -0.39 is 6.09 Å². The zero-order valence-electron chi connectivity index (χ0n) is 7.22. The van der Waals surface area contributed by atoms with Gasteiger partial charge in [0.25, 0.3) is 0 Å². The maximum absolute atomic E-state index is 10.2. The zero-order valence-corrected chi connectivity index (χ0v) is 7.22. The number of hydrogen-bond acceptors (Lipinski definition) is 3. The third kappa shape index (κ3) is 4.00. The number of ether oxygens (including phenoxy) is 1. The van der Waals surface area contributed by atoms with E-state index in [1.165, 1.54) is 6.26 Å². The first kappa shape index (κ1) is 9.38. The van der Waals surface area contributed by atoms with Crippen LogP contribution in [-0.4, -0.2) is 17.5 Å². The van der Waals surface area contributed by atoms with E-state index >= 15 is 0 Å². The van der Waals surface area contributed by atoms with Gasteiger partial charge in [0.2, 0.25) is 0 Å². The number of amides is 1. The number of nitrogens with zero attached hydrogens (tertiary/aromatic N) is 1. The highest BCUT2D eigenvalue weighted by atomic mass is 16.5. The maximum atomic E-state index is 10.2. The summed E-state index contributed by atoms with van der Waals surface area (Å²) in [6, 6.07) is 0. The Balaban J connectivity index is 2.21. The summed E-state index contributed by atoms with van der Waals surface area (Å²) in [6.07, 6.45) is 11.2. The van der Waals surface area contributed by atoms with Crippen LogP contribution in [0.4, 0.5) is 4.79 Å². The maximum Gasteiger partial charge on any atom is 0.409 e. The second-order valence-corrected chi connectivity index (χ2v) is 2.51. The monoisotopic (exact) mass is 180 g/mol. The number of carbonyl (C=O) groups is 1. The molecule has 0 fully saturated rings. The molecule has 2 N–H and O–H groups in total. The fourth-order valence-electron chi connectivity index (χ4n) is 0.922. The molecule has 1 rings (SSSR count). The molecule has 1 heterocycles. The van der Waals surface area contributed by atoms with Crippen molar-refractivity contribution in [3.8, 4) is 0 Å². The van der Waals surface area contributed by atoms with Gasteiger partial charge in [-0.2, -0.15) is 0 Å². The van der Waals surface area contributed by atoms with Crippen LogP contribution in [0.3, 0.4) is 0 Å². The molecular weight excluding hydrogens is 168 g/mol. The Kier molecular flexibility index (Phi) is 3.63. The van der Waals surface area contributed by atoms with Crippen molar-refractivity contribution >= 4 is 6.09 Å². The molecule has 0 saturated heterocycles. The van der Waals surface area contributed by atoms with E-state index in [4.69, 9.17) is 5.73 Å². The van der Waals surface area contributed by atoms with Crippen LogP contribution < -0.4 is 5.73 Å². The molecule has 0 aromatic carbocycles. The van der Waals surface area contributed by atoms with E-state index in [-0.39, 0.29) is 0 Å². The first-order valence-corrected chi connectivity index (χ1v) is 3.99. The Morgan fingerprint density at radius 1 is 1.54 bits per heavy atom. The predicted molar refractivity (Wildman–Crippen MR) is 49.4 cm³/mol. The summed E-state index contributed by atoms with van der Waals surface area (Å²) >= 11 is 0. The molecule has 0 aromatic heterocycles. The Morgan fingerprint density at radius 2 is 2.23 bits per heavy atom. The minimum Gasteiger partial charge on any atom is -0.419 e. The van der Waals surface area contributed by atoms with E-state index in [1.807, 2.05) is 29.5 Å². The van der Waals surface area contributed by atoms with Crippen molar-refractivity contribution in [1.82, 2.24) is 4.90 Å². The van der Waals surface area contributed by atoms with Crippen molar-refractivity contribution in [2.45, 2.75) is 6.42 Å². The lowest BCUT2D eigenvalue weighted by Gasteiger charge is -2.14. The van der Waals surface area contributed by atoms with Crippen molar-refractivity contribution < 1.29 is 9.53 Å². The Bertz CT molecular complexity index is 244. The summed E-state index contributed by atoms with van der Waals surface area (Å²) in [5.41, 5.74) is 4.76. The molecule has 13 heavy (non-hydrogen) atoms. The van der Waals surface area contributed by atoms with Gasteiger partial charge in [0, 0.05) is 18.9 Å². The Morgan fingerprint density at radius 3 is 2.85 bits per heavy atom. The van der Waals surface area contributed by atoms with E-state index in [2.05, 4.69) is 4.74 Å². The smallest absolute Gasteiger partial charge is 0.409 e. The van der Waals surface area contributed by atoms with E-state index in [0.717, 1.165) is 6.42 Å². The standard InChI is InChI=1S/C9H12N2O2/c10-9(12)13-8-4-7-11-5-2-1-3-6-11/h2-6,8H,1,7H2,(H2,10,12). The molecule has 1 aliphatic rings. The lowest BCUT2D eigenvalue weighted by molar-refractivity contribution is 0.196. The second-order valence-electron chi connectivity index (χ2n) is 2.51. The second kappa shape index (κ2) is 5.03. The minimum absolute atomic E-state index is 0.667. The van der Waals surface area contributed by atoms with E-state index in [1.54, 1.807) is 6.08 Å². The van der Waals surface area contributed by atoms with Crippen LogP contribution >= 0.6 is 0 Å². The lowest BCUT2D eigenvalue weighted by Crippen LogP contribution is -2.12. The largest absolute Gasteiger partial charge is 0.419 e. The van der Waals surface area contributed by atoms with Gasteiger partial charge < -0.3 is 15.4 Å². The molecule has 1 aliphatic heterocycles. The van der Waals surface area contributed by atoms with Gasteiger partial charge in [-0.1, -0.05) is 12.2 Å². The average Bonchev–Trinajstić information content (AvgIpc) is 2.14.